The molecule has 27 heavy (non-hydrogen) atoms. The molecule has 0 spiro atoms. The Kier molecular flexibility index (Phi) is 4.84. The lowest BCUT2D eigenvalue weighted by Gasteiger charge is -2.22. The largest absolute Gasteiger partial charge is 0.325 e. The van der Waals surface area contributed by atoms with Crippen molar-refractivity contribution in [3.8, 4) is 6.07 Å². The van der Waals surface area contributed by atoms with Crippen molar-refractivity contribution in [1.82, 2.24) is 10.2 Å². The van der Waals surface area contributed by atoms with E-state index in [0.717, 1.165) is 4.90 Å². The number of rotatable bonds is 4. The number of anilines is 1. The van der Waals surface area contributed by atoms with Crippen LogP contribution in [0.3, 0.4) is 0 Å². The summed E-state index contributed by atoms with van der Waals surface area (Å²) in [4.78, 5) is 38.3. The van der Waals surface area contributed by atoms with E-state index in [4.69, 9.17) is 16.9 Å². The van der Waals surface area contributed by atoms with Crippen LogP contribution in [0.2, 0.25) is 5.02 Å². The molecule has 1 aliphatic rings. The van der Waals surface area contributed by atoms with E-state index in [1.54, 1.807) is 55.5 Å². The van der Waals surface area contributed by atoms with Crippen molar-refractivity contribution in [2.45, 2.75) is 12.5 Å². The first kappa shape index (κ1) is 18.4. The second-order valence-electron chi connectivity index (χ2n) is 6.16. The molecule has 0 bridgehead atoms. The molecule has 3 rings (SSSR count). The van der Waals surface area contributed by atoms with Gasteiger partial charge >= 0.3 is 6.03 Å². The smallest absolute Gasteiger partial charge is 0.323 e. The van der Waals surface area contributed by atoms with Gasteiger partial charge in [-0.2, -0.15) is 5.26 Å². The van der Waals surface area contributed by atoms with E-state index >= 15 is 0 Å². The molecule has 0 aromatic heterocycles. The van der Waals surface area contributed by atoms with E-state index in [1.807, 2.05) is 6.07 Å². The summed E-state index contributed by atoms with van der Waals surface area (Å²) >= 11 is 5.87. The van der Waals surface area contributed by atoms with E-state index < -0.39 is 29.9 Å². The minimum absolute atomic E-state index is 0.286. The number of hydrogen-bond donors (Lipinski definition) is 2. The standard InChI is InChI=1S/C19H15ClN4O3/c1-19(13-6-8-14(20)9-7-13)17(26)24(18(27)23-19)11-16(25)22-15-5-3-2-4-12(15)10-21/h2-9H,11H2,1H3,(H,22,25)(H,23,27)/t19-/m0/s1. The maximum absolute atomic E-state index is 12.8. The Labute approximate surface area is 160 Å². The molecule has 1 fully saturated rings. The number of carbonyl (C=O) groups is 3. The molecule has 0 aliphatic carbocycles. The molecule has 0 unspecified atom stereocenters. The molecular formula is C19H15ClN4O3. The zero-order valence-electron chi connectivity index (χ0n) is 14.3. The highest BCUT2D eigenvalue weighted by atomic mass is 35.5. The Hall–Kier alpha value is -3.37. The molecule has 2 aromatic rings. The average molecular weight is 383 g/mol. The van der Waals surface area contributed by atoms with Gasteiger partial charge in [0.2, 0.25) is 5.91 Å². The third-order valence-electron chi connectivity index (χ3n) is 4.32. The maximum atomic E-state index is 12.8. The van der Waals surface area contributed by atoms with Gasteiger partial charge in [0.05, 0.1) is 11.3 Å². The summed E-state index contributed by atoms with van der Waals surface area (Å²) in [6, 6.07) is 14.3. The van der Waals surface area contributed by atoms with Crippen LogP contribution >= 0.6 is 11.6 Å². The molecule has 7 nitrogen and oxygen atoms in total. The summed E-state index contributed by atoms with van der Waals surface area (Å²) < 4.78 is 0. The Morgan fingerprint density at radius 3 is 2.56 bits per heavy atom. The van der Waals surface area contributed by atoms with Gasteiger partial charge in [0.1, 0.15) is 18.2 Å². The van der Waals surface area contributed by atoms with Gasteiger partial charge in [-0.05, 0) is 36.8 Å². The topological polar surface area (TPSA) is 102 Å². The third kappa shape index (κ3) is 3.48. The monoisotopic (exact) mass is 382 g/mol. The van der Waals surface area contributed by atoms with E-state index in [9.17, 15) is 14.4 Å². The highest BCUT2D eigenvalue weighted by Crippen LogP contribution is 2.29. The van der Waals surface area contributed by atoms with Crippen LogP contribution in [0.15, 0.2) is 48.5 Å². The second-order valence-corrected chi connectivity index (χ2v) is 6.60. The molecule has 136 valence electrons. The summed E-state index contributed by atoms with van der Waals surface area (Å²) in [5.74, 6) is -1.12. The number of para-hydroxylation sites is 1. The number of nitriles is 1. The third-order valence-corrected chi connectivity index (χ3v) is 4.57. The lowest BCUT2D eigenvalue weighted by atomic mass is 9.92. The lowest BCUT2D eigenvalue weighted by molar-refractivity contribution is -0.133. The fraction of sp³-hybridized carbons (Fsp3) is 0.158. The Morgan fingerprint density at radius 2 is 1.89 bits per heavy atom. The number of amides is 4. The molecule has 1 heterocycles. The predicted octanol–water partition coefficient (Wildman–Crippen LogP) is 2.62. The quantitative estimate of drug-likeness (QED) is 0.793. The highest BCUT2D eigenvalue weighted by Gasteiger charge is 2.49. The van der Waals surface area contributed by atoms with E-state index in [2.05, 4.69) is 10.6 Å². The van der Waals surface area contributed by atoms with Crippen molar-refractivity contribution in [2.75, 3.05) is 11.9 Å². The lowest BCUT2D eigenvalue weighted by Crippen LogP contribution is -2.42. The normalized spacial score (nSPS) is 18.8. The Morgan fingerprint density at radius 1 is 1.22 bits per heavy atom. The van der Waals surface area contributed by atoms with Crippen molar-refractivity contribution in [1.29, 1.82) is 5.26 Å². The van der Waals surface area contributed by atoms with Crippen LogP contribution in [0, 0.1) is 11.3 Å². The molecule has 2 aromatic carbocycles. The maximum Gasteiger partial charge on any atom is 0.325 e. The minimum atomic E-state index is -1.29. The van der Waals surface area contributed by atoms with E-state index in [0.29, 0.717) is 16.3 Å². The molecule has 1 atom stereocenters. The van der Waals surface area contributed by atoms with Crippen LogP contribution in [0.4, 0.5) is 10.5 Å². The van der Waals surface area contributed by atoms with Crippen molar-refractivity contribution < 1.29 is 14.4 Å². The zero-order valence-corrected chi connectivity index (χ0v) is 15.1. The van der Waals surface area contributed by atoms with Crippen molar-refractivity contribution >= 4 is 35.1 Å². The number of carbonyl (C=O) groups excluding carboxylic acids is 3. The molecule has 8 heteroatoms. The van der Waals surface area contributed by atoms with Gasteiger partial charge in [-0.25, -0.2) is 4.79 Å². The number of benzene rings is 2. The molecule has 1 saturated heterocycles. The van der Waals surface area contributed by atoms with Gasteiger partial charge in [-0.3, -0.25) is 14.5 Å². The van der Waals surface area contributed by atoms with Gasteiger partial charge in [0.15, 0.2) is 0 Å². The second kappa shape index (κ2) is 7.09. The minimum Gasteiger partial charge on any atom is -0.323 e. The van der Waals surface area contributed by atoms with Crippen LogP contribution in [0.25, 0.3) is 0 Å². The van der Waals surface area contributed by atoms with Crippen LogP contribution in [0.1, 0.15) is 18.1 Å². The van der Waals surface area contributed by atoms with Crippen LogP contribution in [-0.4, -0.2) is 29.3 Å². The number of urea groups is 1. The summed E-state index contributed by atoms with van der Waals surface area (Å²) in [6.07, 6.45) is 0. The van der Waals surface area contributed by atoms with Gasteiger partial charge < -0.3 is 10.6 Å². The average Bonchev–Trinajstić information content (AvgIpc) is 2.86. The molecule has 0 saturated carbocycles. The first-order valence-electron chi connectivity index (χ1n) is 8.04. The Bertz CT molecular complexity index is 968. The molecule has 2 N–H and O–H groups in total. The Balaban J connectivity index is 1.77. The van der Waals surface area contributed by atoms with E-state index in [1.165, 1.54) is 0 Å². The molecule has 4 amide bonds. The van der Waals surface area contributed by atoms with Crippen LogP contribution in [-0.2, 0) is 15.1 Å². The first-order valence-corrected chi connectivity index (χ1v) is 8.42. The number of halogens is 1. The van der Waals surface area contributed by atoms with E-state index in [-0.39, 0.29) is 5.56 Å². The number of imide groups is 1. The number of nitrogens with zero attached hydrogens (tertiary/aromatic N) is 2. The molecular weight excluding hydrogens is 368 g/mol. The van der Waals surface area contributed by atoms with Gasteiger partial charge in [0.25, 0.3) is 5.91 Å². The highest BCUT2D eigenvalue weighted by molar-refractivity contribution is 6.30. The van der Waals surface area contributed by atoms with Crippen molar-refractivity contribution in [3.63, 3.8) is 0 Å². The van der Waals surface area contributed by atoms with Crippen LogP contribution < -0.4 is 10.6 Å². The zero-order chi connectivity index (χ0) is 19.6. The van der Waals surface area contributed by atoms with Crippen molar-refractivity contribution in [3.05, 3.63) is 64.7 Å². The fourth-order valence-corrected chi connectivity index (χ4v) is 2.97. The summed E-state index contributed by atoms with van der Waals surface area (Å²) in [5.41, 5.74) is -0.124. The molecule has 1 aliphatic heterocycles. The summed E-state index contributed by atoms with van der Waals surface area (Å²) in [7, 11) is 0. The molecule has 0 radical (unpaired) electrons. The first-order chi connectivity index (χ1) is 12.8. The van der Waals surface area contributed by atoms with Gasteiger partial charge in [-0.1, -0.05) is 35.9 Å². The number of nitrogens with one attached hydrogen (secondary N) is 2. The van der Waals surface area contributed by atoms with Crippen molar-refractivity contribution in [2.24, 2.45) is 0 Å². The SMILES string of the molecule is C[C@@]1(c2ccc(Cl)cc2)NC(=O)N(CC(=O)Nc2ccccc2C#N)C1=O. The summed E-state index contributed by atoms with van der Waals surface area (Å²) in [6.45, 7) is 1.10. The summed E-state index contributed by atoms with van der Waals surface area (Å²) in [5, 5.41) is 14.8. The predicted molar refractivity (Wildman–Crippen MR) is 98.8 cm³/mol. The number of hydrogen-bond acceptors (Lipinski definition) is 4. The van der Waals surface area contributed by atoms with Crippen LogP contribution in [0.5, 0.6) is 0 Å². The van der Waals surface area contributed by atoms with Gasteiger partial charge in [0, 0.05) is 5.02 Å². The fourth-order valence-electron chi connectivity index (χ4n) is 2.84. The van der Waals surface area contributed by atoms with Gasteiger partial charge in [-0.15, -0.1) is 0 Å².